The van der Waals surface area contributed by atoms with Gasteiger partial charge >= 0.3 is 0 Å². The van der Waals surface area contributed by atoms with Crippen LogP contribution in [0.15, 0.2) is 18.2 Å². The molecule has 1 aliphatic rings. The Morgan fingerprint density at radius 3 is 2.94 bits per heavy atom. The molecular weight excluding hydrogens is 200 g/mol. The molecule has 0 amide bonds. The summed E-state index contributed by atoms with van der Waals surface area (Å²) in [5.74, 6) is 1.74. The van der Waals surface area contributed by atoms with Gasteiger partial charge in [0.2, 0.25) is 0 Å². The summed E-state index contributed by atoms with van der Waals surface area (Å²) in [5.41, 5.74) is 7.61. The van der Waals surface area contributed by atoms with Crippen molar-refractivity contribution in [3.05, 3.63) is 18.2 Å². The molecule has 1 fully saturated rings. The number of rotatable bonds is 6. The summed E-state index contributed by atoms with van der Waals surface area (Å²) in [6.07, 6.45) is 4.09. The van der Waals surface area contributed by atoms with Crippen LogP contribution >= 0.6 is 0 Å². The highest BCUT2D eigenvalue weighted by Gasteiger charge is 2.20. The predicted octanol–water partition coefficient (Wildman–Crippen LogP) is 2.88. The Bertz CT molecular complexity index is 348. The maximum atomic E-state index is 5.81. The number of nitrogens with two attached hydrogens (primary N) is 1. The van der Waals surface area contributed by atoms with Gasteiger partial charge in [0, 0.05) is 18.3 Å². The minimum Gasteiger partial charge on any atom is -0.492 e. The number of anilines is 2. The molecule has 0 bridgehead atoms. The minimum absolute atomic E-state index is 0.649. The fraction of sp³-hybridized carbons (Fsp3) is 0.538. The standard InChI is InChI=1S/C13H20N2O/c1-2-16-13-9-11(5-6-12(13)14)15-8-7-10-3-4-10/h5-6,9-10,15H,2-4,7-8,14H2,1H3. The second-order valence-corrected chi connectivity index (χ2v) is 4.34. The van der Waals surface area contributed by atoms with Crippen molar-refractivity contribution in [3.8, 4) is 5.75 Å². The van der Waals surface area contributed by atoms with Crippen LogP contribution in [0.2, 0.25) is 0 Å². The fourth-order valence-corrected chi connectivity index (χ4v) is 1.75. The second-order valence-electron chi connectivity index (χ2n) is 4.34. The molecule has 1 aliphatic carbocycles. The molecule has 0 saturated heterocycles. The summed E-state index contributed by atoms with van der Waals surface area (Å²) in [5, 5.41) is 3.41. The largest absolute Gasteiger partial charge is 0.492 e. The van der Waals surface area contributed by atoms with Gasteiger partial charge in [-0.3, -0.25) is 0 Å². The van der Waals surface area contributed by atoms with Gasteiger partial charge in [0.25, 0.3) is 0 Å². The van der Waals surface area contributed by atoms with E-state index in [1.54, 1.807) is 0 Å². The molecule has 0 heterocycles. The van der Waals surface area contributed by atoms with Crippen molar-refractivity contribution in [1.82, 2.24) is 0 Å². The number of hydrogen-bond donors (Lipinski definition) is 2. The lowest BCUT2D eigenvalue weighted by atomic mass is 10.2. The Balaban J connectivity index is 1.89. The number of nitrogen functional groups attached to an aromatic ring is 1. The van der Waals surface area contributed by atoms with Crippen LogP contribution < -0.4 is 15.8 Å². The second kappa shape index (κ2) is 5.10. The molecular formula is C13H20N2O. The van der Waals surface area contributed by atoms with Crippen molar-refractivity contribution >= 4 is 11.4 Å². The van der Waals surface area contributed by atoms with Crippen LogP contribution in [0.4, 0.5) is 11.4 Å². The summed E-state index contributed by atoms with van der Waals surface area (Å²) in [6.45, 7) is 3.66. The van der Waals surface area contributed by atoms with Gasteiger partial charge in [0.15, 0.2) is 0 Å². The van der Waals surface area contributed by atoms with E-state index in [4.69, 9.17) is 10.5 Å². The van der Waals surface area contributed by atoms with E-state index in [1.807, 2.05) is 25.1 Å². The van der Waals surface area contributed by atoms with Crippen LogP contribution in [0, 0.1) is 5.92 Å². The zero-order chi connectivity index (χ0) is 11.4. The van der Waals surface area contributed by atoms with E-state index in [0.29, 0.717) is 12.3 Å². The molecule has 16 heavy (non-hydrogen) atoms. The maximum Gasteiger partial charge on any atom is 0.144 e. The maximum absolute atomic E-state index is 5.81. The third-order valence-corrected chi connectivity index (χ3v) is 2.89. The third kappa shape index (κ3) is 3.05. The average Bonchev–Trinajstić information content (AvgIpc) is 3.07. The van der Waals surface area contributed by atoms with E-state index in [1.165, 1.54) is 19.3 Å². The van der Waals surface area contributed by atoms with Crippen molar-refractivity contribution in [2.24, 2.45) is 5.92 Å². The number of ether oxygens (including phenoxy) is 1. The molecule has 0 radical (unpaired) electrons. The molecule has 1 aromatic rings. The van der Waals surface area contributed by atoms with Crippen LogP contribution in [0.1, 0.15) is 26.2 Å². The van der Waals surface area contributed by atoms with Crippen LogP contribution in [0.3, 0.4) is 0 Å². The number of nitrogens with one attached hydrogen (secondary N) is 1. The number of benzene rings is 1. The van der Waals surface area contributed by atoms with E-state index >= 15 is 0 Å². The molecule has 0 unspecified atom stereocenters. The lowest BCUT2D eigenvalue weighted by Crippen LogP contribution is -2.03. The summed E-state index contributed by atoms with van der Waals surface area (Å²) in [6, 6.07) is 5.88. The summed E-state index contributed by atoms with van der Waals surface area (Å²) >= 11 is 0. The Morgan fingerprint density at radius 2 is 2.25 bits per heavy atom. The highest BCUT2D eigenvalue weighted by Crippen LogP contribution is 2.32. The van der Waals surface area contributed by atoms with Gasteiger partial charge in [-0.05, 0) is 31.4 Å². The van der Waals surface area contributed by atoms with Gasteiger partial charge < -0.3 is 15.8 Å². The predicted molar refractivity (Wildman–Crippen MR) is 67.9 cm³/mol. The van der Waals surface area contributed by atoms with Gasteiger partial charge in [0.1, 0.15) is 5.75 Å². The quantitative estimate of drug-likeness (QED) is 0.725. The van der Waals surface area contributed by atoms with Crippen LogP contribution in [0.25, 0.3) is 0 Å². The van der Waals surface area contributed by atoms with E-state index in [2.05, 4.69) is 5.32 Å². The molecule has 1 aromatic carbocycles. The molecule has 3 heteroatoms. The highest BCUT2D eigenvalue weighted by molar-refractivity contribution is 5.61. The summed E-state index contributed by atoms with van der Waals surface area (Å²) in [4.78, 5) is 0. The molecule has 0 atom stereocenters. The van der Waals surface area contributed by atoms with Crippen molar-refractivity contribution in [1.29, 1.82) is 0 Å². The highest BCUT2D eigenvalue weighted by atomic mass is 16.5. The third-order valence-electron chi connectivity index (χ3n) is 2.89. The van der Waals surface area contributed by atoms with Crippen molar-refractivity contribution in [2.75, 3.05) is 24.2 Å². The van der Waals surface area contributed by atoms with Gasteiger partial charge in [-0.2, -0.15) is 0 Å². The fourth-order valence-electron chi connectivity index (χ4n) is 1.75. The van der Waals surface area contributed by atoms with Gasteiger partial charge in [-0.15, -0.1) is 0 Å². The molecule has 3 N–H and O–H groups in total. The van der Waals surface area contributed by atoms with Gasteiger partial charge in [-0.25, -0.2) is 0 Å². The van der Waals surface area contributed by atoms with E-state index in [-0.39, 0.29) is 0 Å². The van der Waals surface area contributed by atoms with E-state index < -0.39 is 0 Å². The molecule has 0 spiro atoms. The Hall–Kier alpha value is -1.38. The van der Waals surface area contributed by atoms with Crippen molar-refractivity contribution in [3.63, 3.8) is 0 Å². The monoisotopic (exact) mass is 220 g/mol. The van der Waals surface area contributed by atoms with Gasteiger partial charge in [-0.1, -0.05) is 12.8 Å². The van der Waals surface area contributed by atoms with Gasteiger partial charge in [0.05, 0.1) is 12.3 Å². The summed E-state index contributed by atoms with van der Waals surface area (Å²) in [7, 11) is 0. The number of hydrogen-bond acceptors (Lipinski definition) is 3. The topological polar surface area (TPSA) is 47.3 Å². The first-order valence-electron chi connectivity index (χ1n) is 6.05. The Kier molecular flexibility index (Phi) is 3.54. The first-order valence-corrected chi connectivity index (χ1v) is 6.05. The van der Waals surface area contributed by atoms with Crippen molar-refractivity contribution < 1.29 is 4.74 Å². The first kappa shape index (κ1) is 11.1. The smallest absolute Gasteiger partial charge is 0.144 e. The minimum atomic E-state index is 0.649. The molecule has 0 aliphatic heterocycles. The van der Waals surface area contributed by atoms with Crippen LogP contribution in [-0.4, -0.2) is 13.2 Å². The normalized spacial score (nSPS) is 14.8. The first-order chi connectivity index (χ1) is 7.79. The van der Waals surface area contributed by atoms with E-state index in [0.717, 1.165) is 23.9 Å². The zero-order valence-electron chi connectivity index (χ0n) is 9.83. The molecule has 88 valence electrons. The molecule has 0 aromatic heterocycles. The summed E-state index contributed by atoms with van der Waals surface area (Å²) < 4.78 is 5.45. The van der Waals surface area contributed by atoms with Crippen molar-refractivity contribution in [2.45, 2.75) is 26.2 Å². The molecule has 2 rings (SSSR count). The Labute approximate surface area is 97.0 Å². The zero-order valence-corrected chi connectivity index (χ0v) is 9.83. The van der Waals surface area contributed by atoms with E-state index in [9.17, 15) is 0 Å². The lowest BCUT2D eigenvalue weighted by Gasteiger charge is -2.10. The molecule has 1 saturated carbocycles. The average molecular weight is 220 g/mol. The lowest BCUT2D eigenvalue weighted by molar-refractivity contribution is 0.342. The Morgan fingerprint density at radius 1 is 1.44 bits per heavy atom. The molecule has 3 nitrogen and oxygen atoms in total. The SMILES string of the molecule is CCOc1cc(NCCC2CC2)ccc1N. The van der Waals surface area contributed by atoms with Crippen LogP contribution in [0.5, 0.6) is 5.75 Å². The van der Waals surface area contributed by atoms with Crippen LogP contribution in [-0.2, 0) is 0 Å².